The molecule has 34 heavy (non-hydrogen) atoms. The number of fused-ring (bicyclic) bond motifs is 1. The Balaban J connectivity index is 1.48. The van der Waals surface area contributed by atoms with Crippen LogP contribution in [0.3, 0.4) is 0 Å². The summed E-state index contributed by atoms with van der Waals surface area (Å²) in [5.41, 5.74) is 3.77. The van der Waals surface area contributed by atoms with E-state index in [1.165, 1.54) is 5.56 Å². The minimum Gasteiger partial charge on any atom is -0.310 e. The van der Waals surface area contributed by atoms with Crippen LogP contribution in [-0.2, 0) is 6.42 Å². The van der Waals surface area contributed by atoms with Gasteiger partial charge < -0.3 is 4.98 Å². The summed E-state index contributed by atoms with van der Waals surface area (Å²) >= 11 is 1.59. The van der Waals surface area contributed by atoms with Crippen molar-refractivity contribution in [2.24, 2.45) is 0 Å². The molecule has 0 spiro atoms. The van der Waals surface area contributed by atoms with Crippen LogP contribution in [0.1, 0.15) is 31.2 Å². The van der Waals surface area contributed by atoms with Gasteiger partial charge in [-0.2, -0.15) is 0 Å². The molecule has 2 aromatic carbocycles. The van der Waals surface area contributed by atoms with Crippen molar-refractivity contribution in [3.8, 4) is 17.1 Å². The highest BCUT2D eigenvalue weighted by Crippen LogP contribution is 2.32. The first kappa shape index (κ1) is 22.0. The number of H-pyrrole nitrogens is 1. The zero-order chi connectivity index (χ0) is 23.5. The van der Waals surface area contributed by atoms with E-state index in [0.717, 1.165) is 22.2 Å². The predicted octanol–water partition coefficient (Wildman–Crippen LogP) is 5.02. The molecule has 0 amide bonds. The molecule has 0 bridgehead atoms. The van der Waals surface area contributed by atoms with Gasteiger partial charge in [0, 0.05) is 30.1 Å². The Morgan fingerprint density at radius 1 is 1.00 bits per heavy atom. The molecule has 0 aliphatic carbocycles. The normalized spacial score (nSPS) is 11.4. The standard InChI is InChI=1S/C26H24N6OS/c1-17(2)19-9-4-6-12-22(19)32-24(18-8-7-14-27-16-18)30-31-26(32)34-15-13-23-28-21-11-5-3-10-20(21)25(33)29-23/h3-12,14,16-17H,13,15H2,1-2H3,(H,28,29,33). The van der Waals surface area contributed by atoms with E-state index in [1.807, 2.05) is 36.4 Å². The molecular weight excluding hydrogens is 444 g/mol. The molecule has 8 heteroatoms. The van der Waals surface area contributed by atoms with Gasteiger partial charge in [-0.1, -0.05) is 55.9 Å². The number of hydrogen-bond acceptors (Lipinski definition) is 6. The number of para-hydroxylation sites is 2. The molecule has 0 aliphatic rings. The van der Waals surface area contributed by atoms with Crippen LogP contribution < -0.4 is 5.56 Å². The molecule has 3 aromatic heterocycles. The van der Waals surface area contributed by atoms with Gasteiger partial charge in [-0.15, -0.1) is 10.2 Å². The fourth-order valence-corrected chi connectivity index (χ4v) is 4.82. The Morgan fingerprint density at radius 3 is 2.65 bits per heavy atom. The van der Waals surface area contributed by atoms with Crippen LogP contribution in [0.2, 0.25) is 0 Å². The van der Waals surface area contributed by atoms with Crippen LogP contribution >= 0.6 is 11.8 Å². The fourth-order valence-electron chi connectivity index (χ4n) is 3.93. The molecule has 1 N–H and O–H groups in total. The molecule has 0 saturated heterocycles. The highest BCUT2D eigenvalue weighted by atomic mass is 32.2. The average Bonchev–Trinajstić information content (AvgIpc) is 3.28. The van der Waals surface area contributed by atoms with Crippen molar-refractivity contribution in [1.29, 1.82) is 0 Å². The summed E-state index contributed by atoms with van der Waals surface area (Å²) in [7, 11) is 0. The molecule has 5 aromatic rings. The van der Waals surface area contributed by atoms with Crippen LogP contribution in [0.25, 0.3) is 28.0 Å². The van der Waals surface area contributed by atoms with E-state index in [-0.39, 0.29) is 5.56 Å². The number of thioether (sulfide) groups is 1. The van der Waals surface area contributed by atoms with E-state index >= 15 is 0 Å². The topological polar surface area (TPSA) is 89.4 Å². The SMILES string of the molecule is CC(C)c1ccccc1-n1c(SCCc2nc3ccccc3c(=O)[nH]2)nnc1-c1cccnc1. The van der Waals surface area contributed by atoms with Gasteiger partial charge in [-0.25, -0.2) is 4.98 Å². The summed E-state index contributed by atoms with van der Waals surface area (Å²) < 4.78 is 2.10. The first-order valence-corrected chi connectivity index (χ1v) is 12.2. The van der Waals surface area contributed by atoms with E-state index in [1.54, 1.807) is 30.2 Å². The number of aryl methyl sites for hydroxylation is 1. The van der Waals surface area contributed by atoms with Crippen LogP contribution in [-0.4, -0.2) is 35.5 Å². The maximum absolute atomic E-state index is 12.4. The molecule has 0 aliphatic heterocycles. The van der Waals surface area contributed by atoms with Crippen molar-refractivity contribution in [3.05, 3.63) is 94.8 Å². The summed E-state index contributed by atoms with van der Waals surface area (Å²) in [5.74, 6) is 2.44. The smallest absolute Gasteiger partial charge is 0.258 e. The highest BCUT2D eigenvalue weighted by molar-refractivity contribution is 7.99. The molecule has 0 atom stereocenters. The lowest BCUT2D eigenvalue weighted by Crippen LogP contribution is -2.12. The minimum atomic E-state index is -0.113. The lowest BCUT2D eigenvalue weighted by Gasteiger charge is -2.16. The van der Waals surface area contributed by atoms with E-state index in [4.69, 9.17) is 0 Å². The zero-order valence-electron chi connectivity index (χ0n) is 19.0. The number of hydrogen-bond donors (Lipinski definition) is 1. The first-order chi connectivity index (χ1) is 16.6. The summed E-state index contributed by atoms with van der Waals surface area (Å²) in [4.78, 5) is 24.2. The number of pyridine rings is 1. The van der Waals surface area contributed by atoms with Crippen molar-refractivity contribution < 1.29 is 0 Å². The molecule has 5 rings (SSSR count). The van der Waals surface area contributed by atoms with Gasteiger partial charge in [0.15, 0.2) is 11.0 Å². The monoisotopic (exact) mass is 468 g/mol. The third-order valence-corrected chi connectivity index (χ3v) is 6.52. The third kappa shape index (κ3) is 4.36. The van der Waals surface area contributed by atoms with Gasteiger partial charge >= 0.3 is 0 Å². The third-order valence-electron chi connectivity index (χ3n) is 5.58. The van der Waals surface area contributed by atoms with Gasteiger partial charge in [-0.3, -0.25) is 14.3 Å². The first-order valence-electron chi connectivity index (χ1n) is 11.2. The van der Waals surface area contributed by atoms with Gasteiger partial charge in [0.05, 0.1) is 16.6 Å². The quantitative estimate of drug-likeness (QED) is 0.337. The molecule has 0 unspecified atom stereocenters. The average molecular weight is 469 g/mol. The molecule has 0 radical (unpaired) electrons. The Labute approximate surface area is 201 Å². The summed E-state index contributed by atoms with van der Waals surface area (Å²) in [6, 6.07) is 19.6. The van der Waals surface area contributed by atoms with Crippen molar-refractivity contribution in [2.75, 3.05) is 5.75 Å². The molecule has 3 heterocycles. The van der Waals surface area contributed by atoms with Crippen LogP contribution in [0.4, 0.5) is 0 Å². The highest BCUT2D eigenvalue weighted by Gasteiger charge is 2.19. The molecular formula is C26H24N6OS. The number of rotatable bonds is 7. The summed E-state index contributed by atoms with van der Waals surface area (Å²) in [5, 5.41) is 10.4. The Hall–Kier alpha value is -3.78. The van der Waals surface area contributed by atoms with Crippen molar-refractivity contribution in [1.82, 2.24) is 29.7 Å². The zero-order valence-corrected chi connectivity index (χ0v) is 19.8. The van der Waals surface area contributed by atoms with Crippen molar-refractivity contribution >= 4 is 22.7 Å². The van der Waals surface area contributed by atoms with Crippen molar-refractivity contribution in [2.45, 2.75) is 31.3 Å². The molecule has 0 saturated carbocycles. The fraction of sp³-hybridized carbons (Fsp3) is 0.192. The molecule has 7 nitrogen and oxygen atoms in total. The van der Waals surface area contributed by atoms with E-state index < -0.39 is 0 Å². The van der Waals surface area contributed by atoms with Gasteiger partial charge in [0.1, 0.15) is 5.82 Å². The van der Waals surface area contributed by atoms with Crippen LogP contribution in [0.5, 0.6) is 0 Å². The second-order valence-electron chi connectivity index (χ2n) is 8.23. The predicted molar refractivity (Wildman–Crippen MR) is 135 cm³/mol. The maximum Gasteiger partial charge on any atom is 0.258 e. The largest absolute Gasteiger partial charge is 0.310 e. The van der Waals surface area contributed by atoms with Crippen LogP contribution in [0.15, 0.2) is 83.0 Å². The second kappa shape index (κ2) is 9.61. The van der Waals surface area contributed by atoms with E-state index in [9.17, 15) is 4.79 Å². The van der Waals surface area contributed by atoms with E-state index in [0.29, 0.717) is 34.8 Å². The number of nitrogens with zero attached hydrogens (tertiary/aromatic N) is 5. The number of aromatic amines is 1. The Bertz CT molecular complexity index is 1490. The lowest BCUT2D eigenvalue weighted by molar-refractivity contribution is 0.818. The van der Waals surface area contributed by atoms with E-state index in [2.05, 4.69) is 61.8 Å². The summed E-state index contributed by atoms with van der Waals surface area (Å²) in [6.07, 6.45) is 4.15. The number of aromatic nitrogens is 6. The second-order valence-corrected chi connectivity index (χ2v) is 9.29. The Morgan fingerprint density at radius 2 is 1.82 bits per heavy atom. The lowest BCUT2D eigenvalue weighted by atomic mass is 10.0. The Kier molecular flexibility index (Phi) is 6.22. The molecule has 170 valence electrons. The minimum absolute atomic E-state index is 0.113. The van der Waals surface area contributed by atoms with Gasteiger partial charge in [0.25, 0.3) is 5.56 Å². The maximum atomic E-state index is 12.4. The van der Waals surface area contributed by atoms with Gasteiger partial charge in [-0.05, 0) is 41.8 Å². The van der Waals surface area contributed by atoms with Crippen molar-refractivity contribution in [3.63, 3.8) is 0 Å². The number of nitrogens with one attached hydrogen (secondary N) is 1. The number of benzene rings is 2. The van der Waals surface area contributed by atoms with Crippen LogP contribution in [0, 0.1) is 0 Å². The van der Waals surface area contributed by atoms with Gasteiger partial charge in [0.2, 0.25) is 0 Å². The molecule has 0 fully saturated rings. The summed E-state index contributed by atoms with van der Waals surface area (Å²) in [6.45, 7) is 4.36.